The largest absolute Gasteiger partial charge is 0.388 e. The van der Waals surface area contributed by atoms with Crippen LogP contribution >= 0.6 is 0 Å². The fourth-order valence-electron chi connectivity index (χ4n) is 2.37. The van der Waals surface area contributed by atoms with Gasteiger partial charge in [0.1, 0.15) is 0 Å². The Bertz CT molecular complexity index is 417. The summed E-state index contributed by atoms with van der Waals surface area (Å²) in [7, 11) is 1.81. The number of halogens is 2. The van der Waals surface area contributed by atoms with Crippen molar-refractivity contribution in [2.75, 3.05) is 31.6 Å². The Morgan fingerprint density at radius 1 is 1.28 bits per heavy atom. The van der Waals surface area contributed by atoms with E-state index in [-0.39, 0.29) is 0 Å². The molecular formula is C13H18F2N2O. The second-order valence-corrected chi connectivity index (χ2v) is 4.84. The van der Waals surface area contributed by atoms with Crippen LogP contribution in [0, 0.1) is 11.6 Å². The lowest BCUT2D eigenvalue weighted by atomic mass is 9.91. The van der Waals surface area contributed by atoms with Crippen LogP contribution in [0.5, 0.6) is 0 Å². The van der Waals surface area contributed by atoms with Crippen LogP contribution in [-0.4, -0.2) is 37.4 Å². The summed E-state index contributed by atoms with van der Waals surface area (Å²) in [6, 6.07) is 3.91. The van der Waals surface area contributed by atoms with Crippen LogP contribution in [0.25, 0.3) is 0 Å². The van der Waals surface area contributed by atoms with E-state index in [0.717, 1.165) is 6.07 Å². The first-order valence-electron chi connectivity index (χ1n) is 6.11. The standard InChI is InChI=1S/C13H18F2N2O/c1-16-9-13(18)4-6-17(7-5-13)10-2-3-11(14)12(15)8-10/h2-3,8,16,18H,4-7,9H2,1H3. The zero-order valence-corrected chi connectivity index (χ0v) is 10.4. The number of nitrogens with zero attached hydrogens (tertiary/aromatic N) is 1. The highest BCUT2D eigenvalue weighted by molar-refractivity contribution is 5.47. The van der Waals surface area contributed by atoms with Gasteiger partial charge >= 0.3 is 0 Å². The molecule has 0 radical (unpaired) electrons. The molecule has 2 N–H and O–H groups in total. The van der Waals surface area contributed by atoms with Crippen molar-refractivity contribution in [2.45, 2.75) is 18.4 Å². The quantitative estimate of drug-likeness (QED) is 0.860. The summed E-state index contributed by atoms with van der Waals surface area (Å²) in [5.41, 5.74) is -0.0236. The number of piperidine rings is 1. The van der Waals surface area contributed by atoms with Crippen molar-refractivity contribution >= 4 is 5.69 Å². The zero-order chi connectivity index (χ0) is 13.2. The number of hydrogen-bond donors (Lipinski definition) is 2. The number of rotatable bonds is 3. The molecule has 0 unspecified atom stereocenters. The monoisotopic (exact) mass is 256 g/mol. The first-order valence-corrected chi connectivity index (χ1v) is 6.11. The molecule has 5 heteroatoms. The van der Waals surface area contributed by atoms with Gasteiger partial charge in [0, 0.05) is 31.4 Å². The average molecular weight is 256 g/mol. The molecule has 2 rings (SSSR count). The number of benzene rings is 1. The van der Waals surface area contributed by atoms with Gasteiger partial charge in [-0.15, -0.1) is 0 Å². The summed E-state index contributed by atoms with van der Waals surface area (Å²) >= 11 is 0. The molecule has 100 valence electrons. The van der Waals surface area contributed by atoms with Gasteiger partial charge in [-0.2, -0.15) is 0 Å². The van der Waals surface area contributed by atoms with E-state index < -0.39 is 17.2 Å². The molecule has 1 aromatic rings. The summed E-state index contributed by atoms with van der Waals surface area (Å²) in [5, 5.41) is 13.2. The minimum atomic E-state index is -0.831. The Hall–Kier alpha value is -1.20. The van der Waals surface area contributed by atoms with Crippen molar-refractivity contribution in [2.24, 2.45) is 0 Å². The van der Waals surface area contributed by atoms with E-state index >= 15 is 0 Å². The van der Waals surface area contributed by atoms with Crippen molar-refractivity contribution in [3.05, 3.63) is 29.8 Å². The van der Waals surface area contributed by atoms with Gasteiger partial charge in [-0.3, -0.25) is 0 Å². The number of nitrogens with one attached hydrogen (secondary N) is 1. The molecule has 1 aromatic carbocycles. The minimum Gasteiger partial charge on any atom is -0.388 e. The van der Waals surface area contributed by atoms with Crippen LogP contribution in [0.15, 0.2) is 18.2 Å². The topological polar surface area (TPSA) is 35.5 Å². The van der Waals surface area contributed by atoms with Gasteiger partial charge < -0.3 is 15.3 Å². The Morgan fingerprint density at radius 2 is 1.94 bits per heavy atom. The number of aliphatic hydroxyl groups is 1. The number of hydrogen-bond acceptors (Lipinski definition) is 3. The second-order valence-electron chi connectivity index (χ2n) is 4.84. The predicted octanol–water partition coefficient (Wildman–Crippen LogP) is 1.52. The third-order valence-corrected chi connectivity index (χ3v) is 3.47. The molecule has 0 atom stereocenters. The van der Waals surface area contributed by atoms with Crippen LogP contribution in [-0.2, 0) is 0 Å². The molecule has 0 spiro atoms. The van der Waals surface area contributed by atoms with E-state index in [9.17, 15) is 13.9 Å². The smallest absolute Gasteiger partial charge is 0.160 e. The zero-order valence-electron chi connectivity index (χ0n) is 10.4. The summed E-state index contributed by atoms with van der Waals surface area (Å²) in [6.45, 7) is 1.84. The lowest BCUT2D eigenvalue weighted by molar-refractivity contribution is 0.0185. The normalized spacial score (nSPS) is 19.0. The van der Waals surface area contributed by atoms with Crippen molar-refractivity contribution in [1.29, 1.82) is 0 Å². The molecule has 0 aliphatic carbocycles. The fourth-order valence-corrected chi connectivity index (χ4v) is 2.37. The van der Waals surface area contributed by atoms with Gasteiger partial charge in [-0.25, -0.2) is 8.78 Å². The maximum Gasteiger partial charge on any atom is 0.160 e. The second kappa shape index (κ2) is 5.20. The van der Waals surface area contributed by atoms with E-state index in [1.165, 1.54) is 6.07 Å². The Morgan fingerprint density at radius 3 is 2.50 bits per heavy atom. The van der Waals surface area contributed by atoms with Crippen LogP contribution in [0.4, 0.5) is 14.5 Å². The molecule has 18 heavy (non-hydrogen) atoms. The lowest BCUT2D eigenvalue weighted by Gasteiger charge is -2.39. The first-order chi connectivity index (χ1) is 8.54. The molecule has 1 fully saturated rings. The van der Waals surface area contributed by atoms with Gasteiger partial charge in [0.25, 0.3) is 0 Å². The summed E-state index contributed by atoms with van der Waals surface area (Å²) < 4.78 is 26.0. The van der Waals surface area contributed by atoms with Crippen LogP contribution < -0.4 is 10.2 Å². The van der Waals surface area contributed by atoms with E-state index in [4.69, 9.17) is 0 Å². The molecule has 1 saturated heterocycles. The van der Waals surface area contributed by atoms with E-state index in [1.54, 1.807) is 13.1 Å². The predicted molar refractivity (Wildman–Crippen MR) is 66.7 cm³/mol. The summed E-state index contributed by atoms with van der Waals surface area (Å²) in [5.74, 6) is -1.66. The van der Waals surface area contributed by atoms with E-state index in [1.807, 2.05) is 4.90 Å². The van der Waals surface area contributed by atoms with Gasteiger partial charge in [0.2, 0.25) is 0 Å². The van der Waals surface area contributed by atoms with Gasteiger partial charge in [-0.05, 0) is 32.0 Å². The number of anilines is 1. The molecular weight excluding hydrogens is 238 g/mol. The van der Waals surface area contributed by atoms with Crippen molar-refractivity contribution in [3.8, 4) is 0 Å². The highest BCUT2D eigenvalue weighted by Gasteiger charge is 2.31. The molecule has 0 amide bonds. The summed E-state index contributed by atoms with van der Waals surface area (Å²) in [6.07, 6.45) is 1.24. The Kier molecular flexibility index (Phi) is 3.82. The SMILES string of the molecule is CNCC1(O)CCN(c2ccc(F)c(F)c2)CC1. The van der Waals surface area contributed by atoms with Gasteiger partial charge in [0.15, 0.2) is 11.6 Å². The molecule has 0 saturated carbocycles. The third kappa shape index (κ3) is 2.79. The van der Waals surface area contributed by atoms with Gasteiger partial charge in [-0.1, -0.05) is 0 Å². The first kappa shape index (κ1) is 13.2. The Labute approximate surface area is 105 Å². The molecule has 1 aliphatic heterocycles. The van der Waals surface area contributed by atoms with Crippen molar-refractivity contribution < 1.29 is 13.9 Å². The third-order valence-electron chi connectivity index (χ3n) is 3.47. The maximum atomic E-state index is 13.1. The van der Waals surface area contributed by atoms with E-state index in [2.05, 4.69) is 5.32 Å². The lowest BCUT2D eigenvalue weighted by Crippen LogP contribution is -2.49. The average Bonchev–Trinajstić information content (AvgIpc) is 2.34. The maximum absolute atomic E-state index is 13.1. The highest BCUT2D eigenvalue weighted by Crippen LogP contribution is 2.26. The van der Waals surface area contributed by atoms with Gasteiger partial charge in [0.05, 0.1) is 5.60 Å². The molecule has 3 nitrogen and oxygen atoms in total. The van der Waals surface area contributed by atoms with E-state index in [0.29, 0.717) is 38.2 Å². The minimum absolute atomic E-state index is 0.554. The highest BCUT2D eigenvalue weighted by atomic mass is 19.2. The van der Waals surface area contributed by atoms with Crippen LogP contribution in [0.2, 0.25) is 0 Å². The number of likely N-dealkylation sites (N-methyl/N-ethyl adjacent to an activating group) is 1. The molecule has 0 aromatic heterocycles. The molecule has 1 heterocycles. The molecule has 1 aliphatic rings. The van der Waals surface area contributed by atoms with Crippen LogP contribution in [0.3, 0.4) is 0 Å². The van der Waals surface area contributed by atoms with Crippen molar-refractivity contribution in [3.63, 3.8) is 0 Å². The molecule has 0 bridgehead atoms. The van der Waals surface area contributed by atoms with Crippen molar-refractivity contribution in [1.82, 2.24) is 5.32 Å². The van der Waals surface area contributed by atoms with Crippen LogP contribution in [0.1, 0.15) is 12.8 Å². The fraction of sp³-hybridized carbons (Fsp3) is 0.538. The Balaban J connectivity index is 2.03. The summed E-state index contributed by atoms with van der Waals surface area (Å²) in [4.78, 5) is 1.96.